The van der Waals surface area contributed by atoms with Gasteiger partial charge in [0.1, 0.15) is 0 Å². The van der Waals surface area contributed by atoms with Gasteiger partial charge in [-0.2, -0.15) is 0 Å². The van der Waals surface area contributed by atoms with E-state index in [0.717, 1.165) is 24.9 Å². The van der Waals surface area contributed by atoms with Gasteiger partial charge in [-0.3, -0.25) is 4.99 Å². The average Bonchev–Trinajstić information content (AvgIpc) is 2.34. The summed E-state index contributed by atoms with van der Waals surface area (Å²) in [4.78, 5) is 4.32. The van der Waals surface area contributed by atoms with Gasteiger partial charge < -0.3 is 11.1 Å². The molecule has 0 spiro atoms. The second-order valence-corrected chi connectivity index (χ2v) is 5.80. The van der Waals surface area contributed by atoms with Crippen LogP contribution in [-0.2, 0) is 0 Å². The minimum Gasteiger partial charge on any atom is -0.370 e. The minimum atomic E-state index is 0.579. The maximum atomic E-state index is 5.83. The van der Waals surface area contributed by atoms with Crippen LogP contribution in [0.25, 0.3) is 0 Å². The first kappa shape index (κ1) is 14.3. The lowest BCUT2D eigenvalue weighted by molar-refractivity contribution is 0.269. The van der Waals surface area contributed by atoms with Gasteiger partial charge in [0.15, 0.2) is 5.96 Å². The smallest absolute Gasteiger partial charge is 0.188 e. The van der Waals surface area contributed by atoms with Crippen molar-refractivity contribution in [3.8, 4) is 0 Å². The van der Waals surface area contributed by atoms with Gasteiger partial charge in [0.25, 0.3) is 0 Å². The lowest BCUT2D eigenvalue weighted by Crippen LogP contribution is -2.36. The summed E-state index contributed by atoms with van der Waals surface area (Å²) < 4.78 is 0. The average molecular weight is 239 g/mol. The molecule has 17 heavy (non-hydrogen) atoms. The van der Waals surface area contributed by atoms with Crippen molar-refractivity contribution in [3.63, 3.8) is 0 Å². The number of hydrogen-bond donors (Lipinski definition) is 2. The molecule has 0 amide bonds. The fraction of sp³-hybridized carbons (Fsp3) is 0.929. The van der Waals surface area contributed by atoms with Gasteiger partial charge in [0.2, 0.25) is 0 Å². The molecule has 0 heterocycles. The summed E-state index contributed by atoms with van der Waals surface area (Å²) in [7, 11) is 0. The van der Waals surface area contributed by atoms with Crippen molar-refractivity contribution in [1.82, 2.24) is 5.32 Å². The largest absolute Gasteiger partial charge is 0.370 e. The zero-order valence-corrected chi connectivity index (χ0v) is 11.7. The Balaban J connectivity index is 2.16. The Morgan fingerprint density at radius 2 is 1.82 bits per heavy atom. The third-order valence-electron chi connectivity index (χ3n) is 3.74. The van der Waals surface area contributed by atoms with Crippen LogP contribution in [0.3, 0.4) is 0 Å². The van der Waals surface area contributed by atoms with Crippen molar-refractivity contribution in [2.45, 2.75) is 52.9 Å². The Kier molecular flexibility index (Phi) is 6.38. The molecule has 1 saturated carbocycles. The van der Waals surface area contributed by atoms with Crippen LogP contribution < -0.4 is 11.1 Å². The van der Waals surface area contributed by atoms with Gasteiger partial charge in [0.05, 0.1) is 0 Å². The first-order chi connectivity index (χ1) is 8.11. The van der Waals surface area contributed by atoms with Crippen molar-refractivity contribution >= 4 is 5.96 Å². The number of nitrogens with zero attached hydrogens (tertiary/aromatic N) is 1. The number of aliphatic imine (C=N–C) groups is 1. The Morgan fingerprint density at radius 3 is 2.35 bits per heavy atom. The predicted octanol–water partition coefficient (Wildman–Crippen LogP) is 2.76. The molecule has 0 unspecified atom stereocenters. The quantitative estimate of drug-likeness (QED) is 0.572. The van der Waals surface area contributed by atoms with E-state index >= 15 is 0 Å². The normalized spacial score (nSPS) is 26.2. The molecule has 0 aromatic carbocycles. The molecular formula is C14H29N3. The first-order valence-corrected chi connectivity index (χ1v) is 7.15. The molecule has 0 aromatic rings. The highest BCUT2D eigenvalue weighted by atomic mass is 15.1. The van der Waals surface area contributed by atoms with Crippen LogP contribution in [0.5, 0.6) is 0 Å². The summed E-state index contributed by atoms with van der Waals surface area (Å²) in [5, 5.41) is 3.27. The number of guanidine groups is 1. The summed E-state index contributed by atoms with van der Waals surface area (Å²) in [6.45, 7) is 8.44. The van der Waals surface area contributed by atoms with Crippen molar-refractivity contribution in [2.24, 2.45) is 28.5 Å². The molecule has 1 fully saturated rings. The minimum absolute atomic E-state index is 0.579. The maximum Gasteiger partial charge on any atom is 0.188 e. The lowest BCUT2D eigenvalue weighted by Gasteiger charge is -2.27. The van der Waals surface area contributed by atoms with E-state index in [0.29, 0.717) is 11.9 Å². The first-order valence-electron chi connectivity index (χ1n) is 7.15. The lowest BCUT2D eigenvalue weighted by atomic mass is 9.81. The molecule has 3 heteroatoms. The Bertz CT molecular complexity index is 228. The van der Waals surface area contributed by atoms with Gasteiger partial charge >= 0.3 is 0 Å². The number of rotatable bonds is 5. The molecule has 0 aliphatic heterocycles. The van der Waals surface area contributed by atoms with Crippen LogP contribution in [0.15, 0.2) is 4.99 Å². The molecule has 3 nitrogen and oxygen atoms in total. The van der Waals surface area contributed by atoms with Gasteiger partial charge in [-0.15, -0.1) is 0 Å². The summed E-state index contributed by atoms with van der Waals surface area (Å²) in [5.74, 6) is 2.97. The van der Waals surface area contributed by atoms with Gasteiger partial charge in [-0.1, -0.05) is 40.0 Å². The van der Waals surface area contributed by atoms with Gasteiger partial charge in [-0.05, 0) is 30.6 Å². The van der Waals surface area contributed by atoms with E-state index < -0.39 is 0 Å². The van der Waals surface area contributed by atoms with E-state index in [9.17, 15) is 0 Å². The van der Waals surface area contributed by atoms with Crippen LogP contribution in [0.1, 0.15) is 52.9 Å². The van der Waals surface area contributed by atoms with E-state index in [1.807, 2.05) is 0 Å². The van der Waals surface area contributed by atoms with Gasteiger partial charge in [0, 0.05) is 13.1 Å². The molecule has 0 atom stereocenters. The van der Waals surface area contributed by atoms with Crippen molar-refractivity contribution in [3.05, 3.63) is 0 Å². The van der Waals surface area contributed by atoms with Crippen LogP contribution >= 0.6 is 0 Å². The Morgan fingerprint density at radius 1 is 1.24 bits per heavy atom. The second kappa shape index (κ2) is 7.57. The van der Waals surface area contributed by atoms with E-state index in [-0.39, 0.29) is 0 Å². The predicted molar refractivity (Wildman–Crippen MR) is 75.1 cm³/mol. The number of nitrogens with two attached hydrogens (primary N) is 1. The topological polar surface area (TPSA) is 50.4 Å². The van der Waals surface area contributed by atoms with Crippen molar-refractivity contribution in [2.75, 3.05) is 13.1 Å². The molecule has 1 rings (SSSR count). The molecule has 1 aliphatic carbocycles. The number of hydrogen-bond acceptors (Lipinski definition) is 1. The number of nitrogens with one attached hydrogen (secondary N) is 1. The summed E-state index contributed by atoms with van der Waals surface area (Å²) in [6, 6.07) is 0. The third-order valence-corrected chi connectivity index (χ3v) is 3.74. The summed E-state index contributed by atoms with van der Waals surface area (Å²) in [5.41, 5.74) is 5.83. The molecule has 0 radical (unpaired) electrons. The second-order valence-electron chi connectivity index (χ2n) is 5.80. The third kappa shape index (κ3) is 5.94. The maximum absolute atomic E-state index is 5.83. The van der Waals surface area contributed by atoms with Crippen LogP contribution in [0.2, 0.25) is 0 Å². The fourth-order valence-corrected chi connectivity index (χ4v) is 2.43. The fourth-order valence-electron chi connectivity index (χ4n) is 2.43. The molecular weight excluding hydrogens is 210 g/mol. The molecule has 3 N–H and O–H groups in total. The highest BCUT2D eigenvalue weighted by molar-refractivity contribution is 5.77. The zero-order chi connectivity index (χ0) is 12.7. The Labute approximate surface area is 106 Å². The standard InChI is InChI=1S/C14H29N3/c1-4-12-5-7-13(8-6-12)10-17-14(15)16-9-11(2)3/h11-13H,4-10H2,1-3H3,(H3,15,16,17). The molecule has 0 saturated heterocycles. The highest BCUT2D eigenvalue weighted by Crippen LogP contribution is 2.29. The van der Waals surface area contributed by atoms with Crippen LogP contribution in [0.4, 0.5) is 0 Å². The molecule has 100 valence electrons. The highest BCUT2D eigenvalue weighted by Gasteiger charge is 2.19. The molecule has 0 aromatic heterocycles. The van der Waals surface area contributed by atoms with Crippen LogP contribution in [0, 0.1) is 17.8 Å². The van der Waals surface area contributed by atoms with E-state index in [4.69, 9.17) is 5.73 Å². The summed E-state index contributed by atoms with van der Waals surface area (Å²) in [6.07, 6.45) is 6.84. The Hall–Kier alpha value is -0.730. The van der Waals surface area contributed by atoms with E-state index in [1.54, 1.807) is 0 Å². The molecule has 0 bridgehead atoms. The summed E-state index contributed by atoms with van der Waals surface area (Å²) >= 11 is 0. The monoisotopic (exact) mass is 239 g/mol. The SMILES string of the molecule is CCC1CCC(CNC(N)=NCC(C)C)CC1. The molecule has 1 aliphatic rings. The van der Waals surface area contributed by atoms with Crippen LogP contribution in [-0.4, -0.2) is 19.0 Å². The van der Waals surface area contributed by atoms with E-state index in [1.165, 1.54) is 32.1 Å². The van der Waals surface area contributed by atoms with E-state index in [2.05, 4.69) is 31.1 Å². The zero-order valence-electron chi connectivity index (χ0n) is 11.7. The van der Waals surface area contributed by atoms with Gasteiger partial charge in [-0.25, -0.2) is 0 Å². The van der Waals surface area contributed by atoms with Crippen molar-refractivity contribution < 1.29 is 0 Å². The van der Waals surface area contributed by atoms with Crippen molar-refractivity contribution in [1.29, 1.82) is 0 Å².